The van der Waals surface area contributed by atoms with Crippen LogP contribution in [0.5, 0.6) is 0 Å². The molecule has 0 N–H and O–H groups in total. The number of thiocarbonyl (C=S) groups is 1. The monoisotopic (exact) mass is 510 g/mol. The van der Waals surface area contributed by atoms with E-state index in [0.717, 1.165) is 22.9 Å². The fourth-order valence-electron chi connectivity index (χ4n) is 4.44. The van der Waals surface area contributed by atoms with Crippen molar-refractivity contribution in [1.82, 2.24) is 4.90 Å². The number of piperidine rings is 1. The Morgan fingerprint density at radius 2 is 1.67 bits per heavy atom. The molecule has 0 aliphatic carbocycles. The zero-order valence-corrected chi connectivity index (χ0v) is 23.2. The quantitative estimate of drug-likeness (QED) is 0.200. The molecule has 5 heteroatoms. The van der Waals surface area contributed by atoms with Gasteiger partial charge in [-0.1, -0.05) is 87.8 Å². The Bertz CT molecular complexity index is 1080. The maximum atomic E-state index is 13.2. The molecular formula is C31H40F2N2S. The number of benzene rings is 2. The Morgan fingerprint density at radius 1 is 1.06 bits per heavy atom. The fourth-order valence-corrected chi connectivity index (χ4v) is 4.58. The summed E-state index contributed by atoms with van der Waals surface area (Å²) in [5.41, 5.74) is 5.70. The summed E-state index contributed by atoms with van der Waals surface area (Å²) in [4.78, 5) is 7.26. The second-order valence-corrected chi connectivity index (χ2v) is 10.0. The first-order valence-electron chi connectivity index (χ1n) is 12.8. The number of aliphatic imine (C=N–C) groups is 1. The van der Waals surface area contributed by atoms with Gasteiger partial charge in [0.05, 0.1) is 11.4 Å². The van der Waals surface area contributed by atoms with Crippen LogP contribution in [0.2, 0.25) is 0 Å². The lowest BCUT2D eigenvalue weighted by Gasteiger charge is -2.38. The minimum Gasteiger partial charge on any atom is -0.369 e. The van der Waals surface area contributed by atoms with Gasteiger partial charge in [0.1, 0.15) is 0 Å². The van der Waals surface area contributed by atoms with Crippen molar-refractivity contribution in [3.8, 4) is 0 Å². The molecule has 2 aromatic carbocycles. The standard InChI is InChI=1S/C16H23N.C15H17F2NS/c1-4-15-10-7-8-12-17(15)14(3)16-11-6-5-9-13(16)2;1-5-14(15(4,16)17)18-10(2)12-6-8-13(9-7-12)11(3)19/h5-6,9,11,15H,3-4,7-8,10,12H2,1-2H3;6-9H,2,5H2,1,3-4H3. The largest absolute Gasteiger partial charge is 0.369 e. The summed E-state index contributed by atoms with van der Waals surface area (Å²) < 4.78 is 26.5. The Kier molecular flexibility index (Phi) is 11.2. The highest BCUT2D eigenvalue weighted by molar-refractivity contribution is 7.80. The Balaban J connectivity index is 0.000000255. The van der Waals surface area contributed by atoms with Crippen molar-refractivity contribution < 1.29 is 8.78 Å². The van der Waals surface area contributed by atoms with Crippen LogP contribution in [0.25, 0.3) is 11.4 Å². The van der Waals surface area contributed by atoms with Crippen molar-refractivity contribution in [2.24, 2.45) is 4.99 Å². The van der Waals surface area contributed by atoms with Crippen LogP contribution in [0.1, 0.15) is 82.1 Å². The second kappa shape index (κ2) is 13.6. The summed E-state index contributed by atoms with van der Waals surface area (Å²) in [7, 11) is 0. The van der Waals surface area contributed by atoms with E-state index in [0.29, 0.717) is 11.7 Å². The highest BCUT2D eigenvalue weighted by Crippen LogP contribution is 2.29. The molecule has 1 atom stereocenters. The van der Waals surface area contributed by atoms with Gasteiger partial charge in [0.2, 0.25) is 0 Å². The van der Waals surface area contributed by atoms with Crippen LogP contribution >= 0.6 is 12.2 Å². The molecule has 0 bridgehead atoms. The highest BCUT2D eigenvalue weighted by atomic mass is 32.1. The van der Waals surface area contributed by atoms with Gasteiger partial charge >= 0.3 is 0 Å². The number of aryl methyl sites for hydroxylation is 1. The first-order chi connectivity index (χ1) is 17.0. The van der Waals surface area contributed by atoms with Crippen LogP contribution in [-0.2, 0) is 0 Å². The van der Waals surface area contributed by atoms with Gasteiger partial charge in [0, 0.05) is 35.6 Å². The molecule has 0 amide bonds. The Hall–Kier alpha value is -2.66. The van der Waals surface area contributed by atoms with E-state index in [4.69, 9.17) is 12.2 Å². The maximum Gasteiger partial charge on any atom is 0.283 e. The number of likely N-dealkylation sites (tertiary alicyclic amines) is 1. The van der Waals surface area contributed by atoms with Gasteiger partial charge in [-0.25, -0.2) is 8.78 Å². The number of hydrogen-bond donors (Lipinski definition) is 0. The molecule has 0 saturated carbocycles. The van der Waals surface area contributed by atoms with Gasteiger partial charge in [-0.3, -0.25) is 4.99 Å². The summed E-state index contributed by atoms with van der Waals surface area (Å²) in [5, 5.41) is 0. The van der Waals surface area contributed by atoms with Crippen LogP contribution in [0, 0.1) is 6.92 Å². The normalized spacial score (nSPS) is 16.1. The molecule has 0 aromatic heterocycles. The zero-order chi connectivity index (χ0) is 26.9. The first-order valence-corrected chi connectivity index (χ1v) is 13.2. The minimum atomic E-state index is -2.91. The molecule has 2 aromatic rings. The van der Waals surface area contributed by atoms with Crippen molar-refractivity contribution in [2.45, 2.75) is 78.7 Å². The van der Waals surface area contributed by atoms with Crippen LogP contribution in [-0.4, -0.2) is 34.0 Å². The van der Waals surface area contributed by atoms with Gasteiger partial charge in [0.25, 0.3) is 5.92 Å². The molecule has 36 heavy (non-hydrogen) atoms. The second-order valence-electron chi connectivity index (χ2n) is 9.39. The molecule has 1 heterocycles. The molecule has 1 fully saturated rings. The number of hydrogen-bond acceptors (Lipinski definition) is 3. The lowest BCUT2D eigenvalue weighted by Crippen LogP contribution is -2.37. The predicted octanol–water partition coefficient (Wildman–Crippen LogP) is 9.13. The molecule has 0 spiro atoms. The van der Waals surface area contributed by atoms with E-state index in [1.165, 1.54) is 49.1 Å². The smallest absolute Gasteiger partial charge is 0.283 e. The average molecular weight is 511 g/mol. The number of halogens is 2. The third-order valence-corrected chi connectivity index (χ3v) is 6.87. The third-order valence-electron chi connectivity index (χ3n) is 6.64. The van der Waals surface area contributed by atoms with Crippen molar-refractivity contribution in [1.29, 1.82) is 0 Å². The van der Waals surface area contributed by atoms with E-state index < -0.39 is 5.92 Å². The van der Waals surface area contributed by atoms with E-state index in [9.17, 15) is 8.78 Å². The molecule has 2 nitrogen and oxygen atoms in total. The van der Waals surface area contributed by atoms with Gasteiger partial charge in [-0.15, -0.1) is 0 Å². The Morgan fingerprint density at radius 3 is 2.19 bits per heavy atom. The van der Waals surface area contributed by atoms with Crippen molar-refractivity contribution in [3.63, 3.8) is 0 Å². The summed E-state index contributed by atoms with van der Waals surface area (Å²) in [6.07, 6.45) is 5.42. The minimum absolute atomic E-state index is 0.160. The van der Waals surface area contributed by atoms with Crippen molar-refractivity contribution in [2.75, 3.05) is 6.54 Å². The van der Waals surface area contributed by atoms with Gasteiger partial charge < -0.3 is 4.90 Å². The van der Waals surface area contributed by atoms with E-state index in [1.54, 1.807) is 19.1 Å². The number of alkyl halides is 2. The van der Waals surface area contributed by atoms with E-state index >= 15 is 0 Å². The molecular weight excluding hydrogens is 470 g/mol. The van der Waals surface area contributed by atoms with Crippen molar-refractivity contribution in [3.05, 3.63) is 83.9 Å². The fraction of sp³-hybridized carbons (Fsp3) is 0.419. The molecule has 0 radical (unpaired) electrons. The topological polar surface area (TPSA) is 15.6 Å². The summed E-state index contributed by atoms with van der Waals surface area (Å²) in [6.45, 7) is 18.1. The van der Waals surface area contributed by atoms with Crippen LogP contribution < -0.4 is 0 Å². The SMILES string of the molecule is C=C(N=C(CC)C(C)(F)F)c1ccc(C(C)=S)cc1.C=C(c1ccccc1C)N1CCCCC1CC. The molecule has 1 saturated heterocycles. The van der Waals surface area contributed by atoms with Gasteiger partial charge in [-0.2, -0.15) is 0 Å². The van der Waals surface area contributed by atoms with E-state index in [-0.39, 0.29) is 12.1 Å². The first kappa shape index (κ1) is 29.6. The van der Waals surface area contributed by atoms with Crippen LogP contribution in [0.15, 0.2) is 66.7 Å². The maximum absolute atomic E-state index is 13.2. The summed E-state index contributed by atoms with van der Waals surface area (Å²) in [5.74, 6) is -2.91. The highest BCUT2D eigenvalue weighted by Gasteiger charge is 2.28. The zero-order valence-electron chi connectivity index (χ0n) is 22.4. The molecule has 194 valence electrons. The van der Waals surface area contributed by atoms with Crippen LogP contribution in [0.4, 0.5) is 8.78 Å². The van der Waals surface area contributed by atoms with E-state index in [1.807, 2.05) is 19.1 Å². The van der Waals surface area contributed by atoms with Gasteiger partial charge in [-0.05, 0) is 62.6 Å². The lowest BCUT2D eigenvalue weighted by atomic mass is 9.96. The van der Waals surface area contributed by atoms with Crippen molar-refractivity contribution >= 4 is 34.2 Å². The lowest BCUT2D eigenvalue weighted by molar-refractivity contribution is 0.0984. The van der Waals surface area contributed by atoms with Crippen LogP contribution in [0.3, 0.4) is 0 Å². The summed E-state index contributed by atoms with van der Waals surface area (Å²) in [6, 6.07) is 16.5. The molecule has 1 aliphatic heterocycles. The number of rotatable bonds is 8. The average Bonchev–Trinajstić information content (AvgIpc) is 2.86. The molecule has 1 unspecified atom stereocenters. The third kappa shape index (κ3) is 8.19. The molecule has 1 aliphatic rings. The Labute approximate surface area is 221 Å². The summed E-state index contributed by atoms with van der Waals surface area (Å²) >= 11 is 5.06. The van der Waals surface area contributed by atoms with Gasteiger partial charge in [0.15, 0.2) is 0 Å². The number of nitrogens with zero attached hydrogens (tertiary/aromatic N) is 2. The van der Waals surface area contributed by atoms with E-state index in [2.05, 4.69) is 61.2 Å². The predicted molar refractivity (Wildman–Crippen MR) is 156 cm³/mol. The molecule has 3 rings (SSSR count).